The van der Waals surface area contributed by atoms with Crippen LogP contribution in [0.15, 0.2) is 0 Å². The molecule has 0 aliphatic rings. The quantitative estimate of drug-likeness (QED) is 0.305. The third-order valence-electron chi connectivity index (χ3n) is 2.24. The molecule has 0 spiro atoms. The van der Waals surface area contributed by atoms with Gasteiger partial charge >= 0.3 is 6.18 Å². The van der Waals surface area contributed by atoms with Gasteiger partial charge in [0.2, 0.25) is 0 Å². The summed E-state index contributed by atoms with van der Waals surface area (Å²) in [6.07, 6.45) is -5.60. The molecule has 0 saturated heterocycles. The van der Waals surface area contributed by atoms with E-state index in [4.69, 9.17) is 58.0 Å². The summed E-state index contributed by atoms with van der Waals surface area (Å²) in [4.78, 5) is 0. The van der Waals surface area contributed by atoms with Gasteiger partial charge in [0, 0.05) is 5.56 Å². The van der Waals surface area contributed by atoms with Crippen LogP contribution < -0.4 is 0 Å². The average molecular weight is 382 g/mol. The lowest BCUT2D eigenvalue weighted by atomic mass is 9.96. The normalized spacial score (nSPS) is 15.5. The van der Waals surface area contributed by atoms with Gasteiger partial charge in [-0.05, 0) is 0 Å². The Labute approximate surface area is 129 Å². The lowest BCUT2D eigenvalue weighted by molar-refractivity contribution is -0.240. The number of alkyl halides is 5. The van der Waals surface area contributed by atoms with Crippen molar-refractivity contribution in [2.24, 2.45) is 0 Å². The molecule has 1 aromatic rings. The van der Waals surface area contributed by atoms with Gasteiger partial charge in [-0.15, -0.1) is 0 Å². The van der Waals surface area contributed by atoms with Gasteiger partial charge in [-0.2, -0.15) is 13.2 Å². The molecule has 1 aromatic carbocycles. The number of hydrogen-bond donors (Lipinski definition) is 0. The van der Waals surface area contributed by atoms with Crippen molar-refractivity contribution in [1.82, 2.24) is 0 Å². The molecular formula is C9H2Cl5F5. The van der Waals surface area contributed by atoms with Gasteiger partial charge in [0.1, 0.15) is 6.67 Å². The molecule has 0 aliphatic carbocycles. The van der Waals surface area contributed by atoms with Gasteiger partial charge in [0.25, 0.3) is 5.67 Å². The van der Waals surface area contributed by atoms with Crippen LogP contribution in [0.3, 0.4) is 0 Å². The van der Waals surface area contributed by atoms with Crippen LogP contribution in [0.5, 0.6) is 0 Å². The van der Waals surface area contributed by atoms with Crippen molar-refractivity contribution in [3.05, 3.63) is 30.7 Å². The predicted octanol–water partition coefficient (Wildman–Crippen LogP) is 6.65. The summed E-state index contributed by atoms with van der Waals surface area (Å²) < 4.78 is 64.5. The van der Waals surface area contributed by atoms with Crippen LogP contribution in [-0.2, 0) is 5.67 Å². The number of rotatable bonds is 2. The molecule has 0 heterocycles. The molecule has 1 unspecified atom stereocenters. The van der Waals surface area contributed by atoms with E-state index in [2.05, 4.69) is 0 Å². The average Bonchev–Trinajstić information content (AvgIpc) is 2.32. The Hall–Kier alpha value is 0.320. The van der Waals surface area contributed by atoms with Gasteiger partial charge in [0.15, 0.2) is 0 Å². The van der Waals surface area contributed by atoms with E-state index < -0.39 is 49.2 Å². The minimum atomic E-state index is -5.60. The molecule has 0 nitrogen and oxygen atoms in total. The minimum absolute atomic E-state index is 0.453. The molecule has 0 radical (unpaired) electrons. The highest BCUT2D eigenvalue weighted by molar-refractivity contribution is 6.55. The first-order valence-electron chi connectivity index (χ1n) is 4.32. The fourth-order valence-electron chi connectivity index (χ4n) is 1.24. The molecule has 0 saturated carbocycles. The highest BCUT2D eigenvalue weighted by atomic mass is 35.5. The summed E-state index contributed by atoms with van der Waals surface area (Å²) in [6, 6.07) is 0. The maximum absolute atomic E-state index is 13.9. The van der Waals surface area contributed by atoms with Crippen molar-refractivity contribution in [3.8, 4) is 0 Å². The first-order chi connectivity index (χ1) is 8.49. The molecule has 1 atom stereocenters. The molecule has 0 amide bonds. The summed E-state index contributed by atoms with van der Waals surface area (Å²) in [7, 11) is 0. The summed E-state index contributed by atoms with van der Waals surface area (Å²) in [5.74, 6) is 0. The van der Waals surface area contributed by atoms with E-state index in [0.717, 1.165) is 0 Å². The van der Waals surface area contributed by atoms with E-state index in [1.165, 1.54) is 0 Å². The largest absolute Gasteiger partial charge is 0.429 e. The van der Waals surface area contributed by atoms with E-state index in [1.54, 1.807) is 0 Å². The lowest BCUT2D eigenvalue weighted by Gasteiger charge is -2.28. The number of hydrogen-bond acceptors (Lipinski definition) is 0. The van der Waals surface area contributed by atoms with Crippen LogP contribution >= 0.6 is 58.0 Å². The molecule has 108 valence electrons. The molecule has 0 fully saturated rings. The van der Waals surface area contributed by atoms with Gasteiger partial charge in [-0.25, -0.2) is 8.78 Å². The second-order valence-electron chi connectivity index (χ2n) is 3.38. The smallest absolute Gasteiger partial charge is 0.247 e. The second kappa shape index (κ2) is 5.60. The van der Waals surface area contributed by atoms with Crippen LogP contribution in [0, 0.1) is 0 Å². The number of halogens is 10. The Morgan fingerprint density at radius 1 is 0.684 bits per heavy atom. The van der Waals surface area contributed by atoms with Crippen molar-refractivity contribution in [3.63, 3.8) is 0 Å². The first-order valence-corrected chi connectivity index (χ1v) is 6.21. The Balaban J connectivity index is 3.78. The summed E-state index contributed by atoms with van der Waals surface area (Å²) in [5.41, 5.74) is -5.83. The Morgan fingerprint density at radius 2 is 1.00 bits per heavy atom. The fourth-order valence-corrected chi connectivity index (χ4v) is 2.68. The lowest BCUT2D eigenvalue weighted by Crippen LogP contribution is -2.41. The Kier molecular flexibility index (Phi) is 5.12. The van der Waals surface area contributed by atoms with E-state index in [-0.39, 0.29) is 0 Å². The standard InChI is InChI=1S/C9H2Cl5F5/c10-3-2(8(16,1-15)9(17,18)19)4(11)6(13)7(14)5(3)12/h1H2. The van der Waals surface area contributed by atoms with Gasteiger partial charge in [0.05, 0.1) is 25.1 Å². The van der Waals surface area contributed by atoms with E-state index in [1.807, 2.05) is 0 Å². The highest BCUT2D eigenvalue weighted by Crippen LogP contribution is 2.53. The number of benzene rings is 1. The van der Waals surface area contributed by atoms with Crippen LogP contribution in [0.1, 0.15) is 5.56 Å². The zero-order valence-electron chi connectivity index (χ0n) is 8.49. The van der Waals surface area contributed by atoms with E-state index in [9.17, 15) is 22.0 Å². The topological polar surface area (TPSA) is 0 Å². The monoisotopic (exact) mass is 380 g/mol. The van der Waals surface area contributed by atoms with Crippen molar-refractivity contribution in [2.45, 2.75) is 11.8 Å². The Morgan fingerprint density at radius 3 is 1.26 bits per heavy atom. The zero-order chi connectivity index (χ0) is 15.2. The van der Waals surface area contributed by atoms with Crippen LogP contribution in [0.25, 0.3) is 0 Å². The maximum Gasteiger partial charge on any atom is 0.429 e. The summed E-state index contributed by atoms with van der Waals surface area (Å²) >= 11 is 27.5. The third-order valence-corrected chi connectivity index (χ3v) is 4.52. The fraction of sp³-hybridized carbons (Fsp3) is 0.333. The molecule has 0 aromatic heterocycles. The SMILES string of the molecule is FCC(F)(c1c(Cl)c(Cl)c(Cl)c(Cl)c1Cl)C(F)(F)F. The molecule has 10 heteroatoms. The van der Waals surface area contributed by atoms with Crippen molar-refractivity contribution >= 4 is 58.0 Å². The highest BCUT2D eigenvalue weighted by Gasteiger charge is 2.60. The molecule has 0 aliphatic heterocycles. The van der Waals surface area contributed by atoms with Crippen LogP contribution in [0.2, 0.25) is 25.1 Å². The van der Waals surface area contributed by atoms with Crippen molar-refractivity contribution in [2.75, 3.05) is 6.67 Å². The predicted molar refractivity (Wildman–Crippen MR) is 66.3 cm³/mol. The van der Waals surface area contributed by atoms with Gasteiger partial charge in [-0.3, -0.25) is 0 Å². The van der Waals surface area contributed by atoms with Gasteiger partial charge in [-0.1, -0.05) is 58.0 Å². The second-order valence-corrected chi connectivity index (χ2v) is 5.27. The van der Waals surface area contributed by atoms with Crippen molar-refractivity contribution in [1.29, 1.82) is 0 Å². The zero-order valence-corrected chi connectivity index (χ0v) is 12.3. The minimum Gasteiger partial charge on any atom is -0.247 e. The summed E-state index contributed by atoms with van der Waals surface area (Å²) in [6.45, 7) is -2.44. The molecular weight excluding hydrogens is 380 g/mol. The first kappa shape index (κ1) is 17.4. The van der Waals surface area contributed by atoms with E-state index in [0.29, 0.717) is 0 Å². The van der Waals surface area contributed by atoms with Crippen LogP contribution in [-0.4, -0.2) is 12.9 Å². The van der Waals surface area contributed by atoms with Crippen molar-refractivity contribution < 1.29 is 22.0 Å². The maximum atomic E-state index is 13.9. The summed E-state index contributed by atoms with van der Waals surface area (Å²) in [5, 5.41) is -3.64. The van der Waals surface area contributed by atoms with Gasteiger partial charge < -0.3 is 0 Å². The molecule has 0 N–H and O–H groups in total. The van der Waals surface area contributed by atoms with E-state index >= 15 is 0 Å². The third kappa shape index (κ3) is 2.72. The van der Waals surface area contributed by atoms with Crippen LogP contribution in [0.4, 0.5) is 22.0 Å². The molecule has 1 rings (SSSR count). The molecule has 19 heavy (non-hydrogen) atoms. The Bertz CT molecular complexity index is 486. The molecule has 0 bridgehead atoms.